The predicted octanol–water partition coefficient (Wildman–Crippen LogP) is 3.13. The van der Waals surface area contributed by atoms with Crippen LogP contribution >= 0.6 is 23.4 Å². The third kappa shape index (κ3) is 3.20. The van der Waals surface area contributed by atoms with E-state index in [0.717, 1.165) is 5.52 Å². The van der Waals surface area contributed by atoms with Gasteiger partial charge in [0.25, 0.3) is 0 Å². The maximum Gasteiger partial charge on any atom is 0.237 e. The minimum Gasteiger partial charge on any atom is -0.341 e. The Morgan fingerprint density at radius 2 is 2.05 bits per heavy atom. The van der Waals surface area contributed by atoms with Gasteiger partial charge in [0.2, 0.25) is 5.91 Å². The van der Waals surface area contributed by atoms with Crippen molar-refractivity contribution in [1.82, 2.24) is 19.9 Å². The Balaban J connectivity index is 1.71. The second-order valence-corrected chi connectivity index (χ2v) is 6.30. The van der Waals surface area contributed by atoms with Crippen LogP contribution in [0, 0.1) is 0 Å². The number of rotatable bonds is 4. The molecule has 2 N–H and O–H groups in total. The molecular weight excluding hydrogens is 322 g/mol. The van der Waals surface area contributed by atoms with Crippen LogP contribution in [0.3, 0.4) is 0 Å². The lowest BCUT2D eigenvalue weighted by atomic mass is 10.3. The lowest BCUT2D eigenvalue weighted by Crippen LogP contribution is -2.22. The van der Waals surface area contributed by atoms with E-state index in [1.807, 2.05) is 6.92 Å². The van der Waals surface area contributed by atoms with Gasteiger partial charge in [-0.05, 0) is 31.2 Å². The number of benzene rings is 1. The van der Waals surface area contributed by atoms with Gasteiger partial charge in [-0.2, -0.15) is 0 Å². The van der Waals surface area contributed by atoms with Crippen LogP contribution in [0.1, 0.15) is 6.92 Å². The fourth-order valence-corrected chi connectivity index (χ4v) is 2.83. The number of imidazole rings is 1. The van der Waals surface area contributed by atoms with Gasteiger partial charge >= 0.3 is 0 Å². The molecule has 1 atom stereocenters. The third-order valence-corrected chi connectivity index (χ3v) is 4.31. The predicted molar refractivity (Wildman–Crippen MR) is 87.1 cm³/mol. The molecule has 0 aliphatic rings. The van der Waals surface area contributed by atoms with Crippen molar-refractivity contribution in [3.05, 3.63) is 41.9 Å². The van der Waals surface area contributed by atoms with Crippen LogP contribution in [0.25, 0.3) is 11.2 Å². The van der Waals surface area contributed by atoms with Gasteiger partial charge < -0.3 is 10.3 Å². The minimum atomic E-state index is -0.322. The molecule has 0 fully saturated rings. The van der Waals surface area contributed by atoms with Crippen LogP contribution in [0.5, 0.6) is 0 Å². The summed E-state index contributed by atoms with van der Waals surface area (Å²) in [5, 5.41) is 3.84. The van der Waals surface area contributed by atoms with Crippen molar-refractivity contribution in [3.63, 3.8) is 0 Å². The Labute approximate surface area is 135 Å². The first-order valence-electron chi connectivity index (χ1n) is 6.50. The quantitative estimate of drug-likeness (QED) is 0.566. The Morgan fingerprint density at radius 3 is 2.82 bits per heavy atom. The number of aromatic amines is 1. The van der Waals surface area contributed by atoms with E-state index in [1.165, 1.54) is 18.1 Å². The molecule has 0 bridgehead atoms. The molecule has 0 aliphatic carbocycles. The molecule has 0 spiro atoms. The first-order chi connectivity index (χ1) is 10.6. The average molecular weight is 334 g/mol. The summed E-state index contributed by atoms with van der Waals surface area (Å²) in [4.78, 5) is 27.6. The molecule has 8 heteroatoms. The number of nitrogens with zero attached hydrogens (tertiary/aromatic N) is 3. The molecule has 2 heterocycles. The standard InChI is InChI=1S/C14H12ClN5OS/c1-8(13(21)20-10-4-2-9(15)3-5-10)22-14-11-12(17-6-16-11)18-7-19-14/h2-8H,1H3,(H,20,21)(H,16,17,18,19)/t8-/m0/s1. The van der Waals surface area contributed by atoms with Gasteiger partial charge in [0.1, 0.15) is 16.9 Å². The molecule has 3 aromatic rings. The van der Waals surface area contributed by atoms with Crippen molar-refractivity contribution in [1.29, 1.82) is 0 Å². The zero-order valence-corrected chi connectivity index (χ0v) is 13.1. The van der Waals surface area contributed by atoms with Gasteiger partial charge in [-0.3, -0.25) is 4.79 Å². The first-order valence-corrected chi connectivity index (χ1v) is 7.76. The number of carbonyl (C=O) groups is 1. The molecule has 0 aliphatic heterocycles. The number of hydrogen-bond acceptors (Lipinski definition) is 5. The van der Waals surface area contributed by atoms with E-state index in [-0.39, 0.29) is 11.2 Å². The molecule has 1 amide bonds. The van der Waals surface area contributed by atoms with E-state index >= 15 is 0 Å². The fourth-order valence-electron chi connectivity index (χ4n) is 1.83. The molecule has 0 saturated carbocycles. The Kier molecular flexibility index (Phi) is 4.26. The normalized spacial score (nSPS) is 12.3. The maximum atomic E-state index is 12.2. The minimum absolute atomic E-state index is 0.112. The summed E-state index contributed by atoms with van der Waals surface area (Å²) in [6, 6.07) is 6.98. The number of hydrogen-bond donors (Lipinski definition) is 2. The van der Waals surface area contributed by atoms with E-state index in [1.54, 1.807) is 30.6 Å². The summed E-state index contributed by atoms with van der Waals surface area (Å²) in [5.41, 5.74) is 2.03. The second kappa shape index (κ2) is 6.33. The van der Waals surface area contributed by atoms with Gasteiger partial charge in [0, 0.05) is 10.7 Å². The van der Waals surface area contributed by atoms with Gasteiger partial charge in [0.15, 0.2) is 5.65 Å². The molecule has 2 aromatic heterocycles. The molecule has 0 unspecified atom stereocenters. The molecule has 0 saturated heterocycles. The van der Waals surface area contributed by atoms with E-state index in [2.05, 4.69) is 25.3 Å². The number of halogens is 1. The molecule has 22 heavy (non-hydrogen) atoms. The van der Waals surface area contributed by atoms with Crippen LogP contribution in [0.2, 0.25) is 5.02 Å². The number of fused-ring (bicyclic) bond motifs is 1. The summed E-state index contributed by atoms with van der Waals surface area (Å²) in [7, 11) is 0. The summed E-state index contributed by atoms with van der Waals surface area (Å²) in [6.45, 7) is 1.82. The van der Waals surface area contributed by atoms with E-state index in [0.29, 0.717) is 21.4 Å². The van der Waals surface area contributed by atoms with Crippen molar-refractivity contribution < 1.29 is 4.79 Å². The first kappa shape index (κ1) is 14.8. The zero-order valence-electron chi connectivity index (χ0n) is 11.6. The number of H-pyrrole nitrogens is 1. The summed E-state index contributed by atoms with van der Waals surface area (Å²) in [6.07, 6.45) is 3.00. The second-order valence-electron chi connectivity index (χ2n) is 4.54. The monoisotopic (exact) mass is 333 g/mol. The SMILES string of the molecule is C[C@H](Sc1ncnc2nc[nH]c12)C(=O)Nc1ccc(Cl)cc1. The molecule has 3 rings (SSSR count). The smallest absolute Gasteiger partial charge is 0.237 e. The van der Waals surface area contributed by atoms with E-state index < -0.39 is 0 Å². The highest BCUT2D eigenvalue weighted by molar-refractivity contribution is 8.00. The molecule has 112 valence electrons. The Hall–Kier alpha value is -2.12. The van der Waals surface area contributed by atoms with Crippen LogP contribution < -0.4 is 5.32 Å². The van der Waals surface area contributed by atoms with Crippen LogP contribution in [0.4, 0.5) is 5.69 Å². The maximum absolute atomic E-state index is 12.2. The lowest BCUT2D eigenvalue weighted by Gasteiger charge is -2.11. The van der Waals surface area contributed by atoms with Crippen molar-refractivity contribution in [2.24, 2.45) is 0 Å². The van der Waals surface area contributed by atoms with Crippen LogP contribution in [-0.2, 0) is 4.79 Å². The average Bonchev–Trinajstić information content (AvgIpc) is 2.99. The number of aromatic nitrogens is 4. The molecule has 6 nitrogen and oxygen atoms in total. The number of carbonyl (C=O) groups excluding carboxylic acids is 1. The fraction of sp³-hybridized carbons (Fsp3) is 0.143. The molecular formula is C14H12ClN5OS. The van der Waals surface area contributed by atoms with Crippen LogP contribution in [-0.4, -0.2) is 31.1 Å². The Morgan fingerprint density at radius 1 is 1.27 bits per heavy atom. The van der Waals surface area contributed by atoms with Gasteiger partial charge in [0.05, 0.1) is 11.6 Å². The number of amides is 1. The molecule has 1 aromatic carbocycles. The number of nitrogens with one attached hydrogen (secondary N) is 2. The van der Waals surface area contributed by atoms with Crippen molar-refractivity contribution in [2.45, 2.75) is 17.2 Å². The van der Waals surface area contributed by atoms with E-state index in [9.17, 15) is 4.79 Å². The van der Waals surface area contributed by atoms with Crippen LogP contribution in [0.15, 0.2) is 41.9 Å². The van der Waals surface area contributed by atoms with Crippen molar-refractivity contribution >= 4 is 46.1 Å². The lowest BCUT2D eigenvalue weighted by molar-refractivity contribution is -0.115. The highest BCUT2D eigenvalue weighted by atomic mass is 35.5. The third-order valence-electron chi connectivity index (χ3n) is 2.96. The highest BCUT2D eigenvalue weighted by Crippen LogP contribution is 2.26. The van der Waals surface area contributed by atoms with Gasteiger partial charge in [-0.1, -0.05) is 23.4 Å². The number of anilines is 1. The van der Waals surface area contributed by atoms with Crippen molar-refractivity contribution in [2.75, 3.05) is 5.32 Å². The molecule has 0 radical (unpaired) electrons. The van der Waals surface area contributed by atoms with Gasteiger partial charge in [-0.25, -0.2) is 15.0 Å². The summed E-state index contributed by atoms with van der Waals surface area (Å²) >= 11 is 7.17. The van der Waals surface area contributed by atoms with E-state index in [4.69, 9.17) is 11.6 Å². The largest absolute Gasteiger partial charge is 0.341 e. The summed E-state index contributed by atoms with van der Waals surface area (Å²) < 4.78 is 0. The van der Waals surface area contributed by atoms with Gasteiger partial charge in [-0.15, -0.1) is 0 Å². The summed E-state index contributed by atoms with van der Waals surface area (Å²) in [5.74, 6) is -0.112. The van der Waals surface area contributed by atoms with Crippen molar-refractivity contribution in [3.8, 4) is 0 Å². The Bertz CT molecular complexity index is 804. The topological polar surface area (TPSA) is 83.6 Å². The zero-order chi connectivity index (χ0) is 15.5. The highest BCUT2D eigenvalue weighted by Gasteiger charge is 2.17. The number of thioether (sulfide) groups is 1.